The van der Waals surface area contributed by atoms with Crippen LogP contribution in [0, 0.1) is 13.8 Å². The van der Waals surface area contributed by atoms with E-state index in [0.29, 0.717) is 0 Å². The molecule has 0 bridgehead atoms. The number of hydrogen-bond acceptors (Lipinski definition) is 4. The summed E-state index contributed by atoms with van der Waals surface area (Å²) in [5, 5.41) is 11.1. The third-order valence-corrected chi connectivity index (χ3v) is 3.07. The van der Waals surface area contributed by atoms with Crippen molar-refractivity contribution in [2.45, 2.75) is 26.4 Å². The van der Waals surface area contributed by atoms with Crippen LogP contribution in [-0.2, 0) is 16.1 Å². The van der Waals surface area contributed by atoms with Crippen molar-refractivity contribution in [1.29, 1.82) is 0 Å². The van der Waals surface area contributed by atoms with Gasteiger partial charge in [-0.15, -0.1) is 0 Å². The van der Waals surface area contributed by atoms with Crippen molar-refractivity contribution in [3.05, 3.63) is 28.8 Å². The SMILES string of the molecule is COc1ccc(CNC(=O)C(N)C(=O)O)c(C)c1C. The molecule has 1 unspecified atom stereocenters. The Morgan fingerprint density at radius 2 is 2.00 bits per heavy atom. The number of rotatable bonds is 5. The van der Waals surface area contributed by atoms with Gasteiger partial charge in [-0.05, 0) is 36.6 Å². The maximum absolute atomic E-state index is 11.4. The Morgan fingerprint density at radius 3 is 2.53 bits per heavy atom. The first-order valence-electron chi connectivity index (χ1n) is 5.77. The lowest BCUT2D eigenvalue weighted by atomic mass is 10.0. The zero-order chi connectivity index (χ0) is 14.6. The number of hydrogen-bond donors (Lipinski definition) is 3. The molecular formula is C13H18N2O4. The van der Waals surface area contributed by atoms with Gasteiger partial charge >= 0.3 is 5.97 Å². The molecule has 1 rings (SSSR count). The molecule has 1 amide bonds. The molecule has 1 aromatic carbocycles. The van der Waals surface area contributed by atoms with Gasteiger partial charge in [0.1, 0.15) is 5.75 Å². The third kappa shape index (κ3) is 3.45. The van der Waals surface area contributed by atoms with Gasteiger partial charge in [-0.25, -0.2) is 4.79 Å². The topological polar surface area (TPSA) is 102 Å². The number of carboxylic acid groups (broad SMARTS) is 1. The molecule has 4 N–H and O–H groups in total. The van der Waals surface area contributed by atoms with Crippen molar-refractivity contribution in [3.63, 3.8) is 0 Å². The summed E-state index contributed by atoms with van der Waals surface area (Å²) in [6.45, 7) is 4.06. The number of nitrogens with one attached hydrogen (secondary N) is 1. The van der Waals surface area contributed by atoms with Gasteiger partial charge in [0.05, 0.1) is 7.11 Å². The minimum absolute atomic E-state index is 0.233. The molecule has 0 radical (unpaired) electrons. The van der Waals surface area contributed by atoms with E-state index < -0.39 is 17.9 Å². The summed E-state index contributed by atoms with van der Waals surface area (Å²) in [7, 11) is 1.59. The second-order valence-electron chi connectivity index (χ2n) is 4.21. The smallest absolute Gasteiger partial charge is 0.330 e. The summed E-state index contributed by atoms with van der Waals surface area (Å²) < 4.78 is 5.19. The number of methoxy groups -OCH3 is 1. The maximum Gasteiger partial charge on any atom is 0.330 e. The number of aliphatic carboxylic acids is 1. The predicted octanol–water partition coefficient (Wildman–Crippen LogP) is 0.340. The van der Waals surface area contributed by atoms with Crippen molar-refractivity contribution in [2.24, 2.45) is 5.73 Å². The summed E-state index contributed by atoms with van der Waals surface area (Å²) in [6.07, 6.45) is 0. The van der Waals surface area contributed by atoms with Crippen molar-refractivity contribution in [3.8, 4) is 5.75 Å². The van der Waals surface area contributed by atoms with Crippen LogP contribution >= 0.6 is 0 Å². The fraction of sp³-hybridized carbons (Fsp3) is 0.385. The normalized spacial score (nSPS) is 11.8. The van der Waals surface area contributed by atoms with Crippen LogP contribution < -0.4 is 15.8 Å². The van der Waals surface area contributed by atoms with Crippen LogP contribution in [-0.4, -0.2) is 30.1 Å². The van der Waals surface area contributed by atoms with E-state index in [9.17, 15) is 9.59 Å². The zero-order valence-corrected chi connectivity index (χ0v) is 11.2. The Morgan fingerprint density at radius 1 is 1.37 bits per heavy atom. The molecule has 1 aromatic rings. The number of carbonyl (C=O) groups excluding carboxylic acids is 1. The summed E-state index contributed by atoms with van der Waals surface area (Å²) in [6, 6.07) is 2.09. The van der Waals surface area contributed by atoms with Crippen LogP contribution in [0.1, 0.15) is 16.7 Å². The molecule has 1 atom stereocenters. The Bertz CT molecular complexity index is 500. The van der Waals surface area contributed by atoms with Gasteiger partial charge in [0.2, 0.25) is 5.91 Å². The molecule has 0 spiro atoms. The fourth-order valence-corrected chi connectivity index (χ4v) is 1.67. The van der Waals surface area contributed by atoms with Crippen LogP contribution in [0.25, 0.3) is 0 Å². The van der Waals surface area contributed by atoms with Crippen molar-refractivity contribution in [2.75, 3.05) is 7.11 Å². The summed E-state index contributed by atoms with van der Waals surface area (Å²) >= 11 is 0. The number of ether oxygens (including phenoxy) is 1. The second kappa shape index (κ2) is 6.19. The van der Waals surface area contributed by atoms with Gasteiger partial charge in [0.15, 0.2) is 6.04 Å². The molecule has 104 valence electrons. The van der Waals surface area contributed by atoms with Gasteiger partial charge < -0.3 is 20.9 Å². The molecule has 0 saturated heterocycles. The van der Waals surface area contributed by atoms with Crippen LogP contribution in [0.2, 0.25) is 0 Å². The van der Waals surface area contributed by atoms with E-state index in [1.54, 1.807) is 13.2 Å². The molecule has 6 nitrogen and oxygen atoms in total. The predicted molar refractivity (Wildman–Crippen MR) is 69.9 cm³/mol. The fourth-order valence-electron chi connectivity index (χ4n) is 1.67. The van der Waals surface area contributed by atoms with Gasteiger partial charge in [-0.2, -0.15) is 0 Å². The summed E-state index contributed by atoms with van der Waals surface area (Å²) in [5.41, 5.74) is 8.07. The van der Waals surface area contributed by atoms with E-state index in [1.165, 1.54) is 0 Å². The Kier molecular flexibility index (Phi) is 4.88. The standard InChI is InChI=1S/C13H18N2O4/c1-7-8(2)10(19-3)5-4-9(7)6-15-12(16)11(14)13(17)18/h4-5,11H,6,14H2,1-3H3,(H,15,16)(H,17,18). The third-order valence-electron chi connectivity index (χ3n) is 3.07. The molecule has 19 heavy (non-hydrogen) atoms. The van der Waals surface area contributed by atoms with Crippen molar-refractivity contribution in [1.82, 2.24) is 5.32 Å². The minimum Gasteiger partial charge on any atom is -0.496 e. The van der Waals surface area contributed by atoms with Gasteiger partial charge in [-0.3, -0.25) is 4.79 Å². The molecule has 0 aliphatic heterocycles. The highest BCUT2D eigenvalue weighted by atomic mass is 16.5. The Hall–Kier alpha value is -2.08. The quantitative estimate of drug-likeness (QED) is 0.667. The minimum atomic E-state index is -1.54. The molecule has 6 heteroatoms. The average molecular weight is 266 g/mol. The van der Waals surface area contributed by atoms with Crippen LogP contribution in [0.15, 0.2) is 12.1 Å². The number of carboxylic acids is 1. The van der Waals surface area contributed by atoms with Crippen molar-refractivity contribution >= 4 is 11.9 Å². The first-order valence-corrected chi connectivity index (χ1v) is 5.77. The second-order valence-corrected chi connectivity index (χ2v) is 4.21. The highest BCUT2D eigenvalue weighted by molar-refractivity contribution is 6.00. The van der Waals surface area contributed by atoms with Gasteiger partial charge in [-0.1, -0.05) is 6.07 Å². The van der Waals surface area contributed by atoms with E-state index in [1.807, 2.05) is 19.9 Å². The Balaban J connectivity index is 2.77. The maximum atomic E-state index is 11.4. The zero-order valence-electron chi connectivity index (χ0n) is 11.2. The van der Waals surface area contributed by atoms with Crippen LogP contribution in [0.5, 0.6) is 5.75 Å². The summed E-state index contributed by atoms with van der Waals surface area (Å²) in [5.74, 6) is -1.28. The van der Waals surface area contributed by atoms with Crippen LogP contribution in [0.3, 0.4) is 0 Å². The van der Waals surface area contributed by atoms with E-state index >= 15 is 0 Å². The monoisotopic (exact) mass is 266 g/mol. The van der Waals surface area contributed by atoms with Gasteiger partial charge in [0.25, 0.3) is 0 Å². The lowest BCUT2D eigenvalue weighted by Crippen LogP contribution is -2.45. The summed E-state index contributed by atoms with van der Waals surface area (Å²) in [4.78, 5) is 22.0. The highest BCUT2D eigenvalue weighted by Gasteiger charge is 2.20. The highest BCUT2D eigenvalue weighted by Crippen LogP contribution is 2.23. The lowest BCUT2D eigenvalue weighted by Gasteiger charge is -2.14. The number of carbonyl (C=O) groups is 2. The first kappa shape index (κ1) is 15.0. The van der Waals surface area contributed by atoms with E-state index in [2.05, 4.69) is 5.32 Å². The number of amides is 1. The number of benzene rings is 1. The molecule has 0 heterocycles. The average Bonchev–Trinajstić information content (AvgIpc) is 2.39. The number of nitrogens with two attached hydrogens (primary N) is 1. The van der Waals surface area contributed by atoms with E-state index in [4.69, 9.17) is 15.6 Å². The first-order chi connectivity index (χ1) is 8.88. The molecule has 0 aliphatic rings. The largest absolute Gasteiger partial charge is 0.496 e. The lowest BCUT2D eigenvalue weighted by molar-refractivity contribution is -0.142. The molecule has 0 saturated carbocycles. The van der Waals surface area contributed by atoms with E-state index in [0.717, 1.165) is 22.4 Å². The van der Waals surface area contributed by atoms with E-state index in [-0.39, 0.29) is 6.54 Å². The Labute approximate surface area is 111 Å². The molecular weight excluding hydrogens is 248 g/mol. The molecule has 0 aromatic heterocycles. The van der Waals surface area contributed by atoms with Crippen molar-refractivity contribution < 1.29 is 19.4 Å². The molecule has 0 fully saturated rings. The molecule has 0 aliphatic carbocycles. The van der Waals surface area contributed by atoms with Gasteiger partial charge in [0, 0.05) is 6.54 Å². The van der Waals surface area contributed by atoms with Crippen LogP contribution in [0.4, 0.5) is 0 Å².